The molecule has 0 fully saturated rings. The number of methoxy groups -OCH3 is 1. The lowest BCUT2D eigenvalue weighted by Crippen LogP contribution is -2.42. The SMILES string of the molecule is COc1ccc2nccc([C@H](COC(C)=O)CO[Si](C)(C)C(C)(C)C)c2n1. The fraction of sp³-hybridized carbons (Fsp3) is 0.550. The predicted molar refractivity (Wildman–Crippen MR) is 109 cm³/mol. The molecule has 1 atom stereocenters. The van der Waals surface area contributed by atoms with E-state index in [0.29, 0.717) is 12.5 Å². The van der Waals surface area contributed by atoms with Crippen LogP contribution in [0.4, 0.5) is 0 Å². The van der Waals surface area contributed by atoms with Crippen molar-refractivity contribution < 1.29 is 18.7 Å². The molecule has 6 nitrogen and oxygen atoms in total. The highest BCUT2D eigenvalue weighted by Gasteiger charge is 2.38. The minimum Gasteiger partial charge on any atom is -0.481 e. The van der Waals surface area contributed by atoms with Crippen molar-refractivity contribution in [1.82, 2.24) is 9.97 Å². The monoisotopic (exact) mass is 390 g/mol. The Labute approximate surface area is 162 Å². The van der Waals surface area contributed by atoms with Gasteiger partial charge < -0.3 is 13.9 Å². The molecule has 2 aromatic heterocycles. The molecular weight excluding hydrogens is 360 g/mol. The van der Waals surface area contributed by atoms with Crippen molar-refractivity contribution >= 4 is 25.3 Å². The van der Waals surface area contributed by atoms with Gasteiger partial charge in [0.1, 0.15) is 6.61 Å². The van der Waals surface area contributed by atoms with E-state index >= 15 is 0 Å². The summed E-state index contributed by atoms with van der Waals surface area (Å²) in [6, 6.07) is 5.58. The first-order valence-corrected chi connectivity index (χ1v) is 12.0. The Bertz CT molecular complexity index is 802. The van der Waals surface area contributed by atoms with Gasteiger partial charge in [-0.05, 0) is 35.8 Å². The summed E-state index contributed by atoms with van der Waals surface area (Å²) in [5, 5.41) is 0.0980. The molecule has 2 aromatic rings. The van der Waals surface area contributed by atoms with E-state index in [0.717, 1.165) is 16.6 Å². The number of hydrogen-bond acceptors (Lipinski definition) is 6. The molecular formula is C20H30N2O4Si. The van der Waals surface area contributed by atoms with Gasteiger partial charge in [0.25, 0.3) is 0 Å². The third-order valence-electron chi connectivity index (χ3n) is 5.18. The van der Waals surface area contributed by atoms with Crippen LogP contribution < -0.4 is 4.74 Å². The Morgan fingerprint density at radius 1 is 1.19 bits per heavy atom. The van der Waals surface area contributed by atoms with Crippen LogP contribution in [0.5, 0.6) is 5.88 Å². The molecule has 0 amide bonds. The van der Waals surface area contributed by atoms with Crippen LogP contribution in [0.2, 0.25) is 18.1 Å². The van der Waals surface area contributed by atoms with Gasteiger partial charge in [-0.3, -0.25) is 9.78 Å². The third kappa shape index (κ3) is 5.26. The summed E-state index contributed by atoms with van der Waals surface area (Å²) in [7, 11) is -0.359. The number of esters is 1. The summed E-state index contributed by atoms with van der Waals surface area (Å²) in [6.07, 6.45) is 1.75. The molecule has 7 heteroatoms. The van der Waals surface area contributed by atoms with E-state index in [-0.39, 0.29) is 23.5 Å². The highest BCUT2D eigenvalue weighted by molar-refractivity contribution is 6.74. The molecule has 0 bridgehead atoms. The van der Waals surface area contributed by atoms with E-state index in [9.17, 15) is 4.79 Å². The molecule has 27 heavy (non-hydrogen) atoms. The second kappa shape index (κ2) is 8.35. The van der Waals surface area contributed by atoms with Gasteiger partial charge in [-0.2, -0.15) is 0 Å². The number of hydrogen-bond donors (Lipinski definition) is 0. The van der Waals surface area contributed by atoms with Crippen molar-refractivity contribution in [3.63, 3.8) is 0 Å². The number of aromatic nitrogens is 2. The van der Waals surface area contributed by atoms with E-state index < -0.39 is 8.32 Å². The molecule has 148 valence electrons. The normalized spacial score (nSPS) is 13.4. The van der Waals surface area contributed by atoms with Crippen molar-refractivity contribution in [1.29, 1.82) is 0 Å². The maximum absolute atomic E-state index is 11.4. The highest BCUT2D eigenvalue weighted by Crippen LogP contribution is 2.37. The summed E-state index contributed by atoms with van der Waals surface area (Å²) in [4.78, 5) is 20.4. The second-order valence-corrected chi connectivity index (χ2v) is 13.0. The number of ether oxygens (including phenoxy) is 2. The van der Waals surface area contributed by atoms with Crippen LogP contribution in [-0.2, 0) is 14.0 Å². The number of carbonyl (C=O) groups is 1. The van der Waals surface area contributed by atoms with Gasteiger partial charge in [-0.1, -0.05) is 20.8 Å². The van der Waals surface area contributed by atoms with Crippen LogP contribution in [0.25, 0.3) is 11.0 Å². The zero-order chi connectivity index (χ0) is 20.2. The summed E-state index contributed by atoms with van der Waals surface area (Å²) < 4.78 is 17.0. The fourth-order valence-electron chi connectivity index (χ4n) is 2.44. The minimum absolute atomic E-state index is 0.0980. The van der Waals surface area contributed by atoms with Gasteiger partial charge in [-0.15, -0.1) is 0 Å². The van der Waals surface area contributed by atoms with E-state index in [2.05, 4.69) is 43.8 Å². The molecule has 0 aliphatic carbocycles. The maximum atomic E-state index is 11.4. The summed E-state index contributed by atoms with van der Waals surface area (Å²) in [5.74, 6) is 0.0812. The Balaban J connectivity index is 2.39. The van der Waals surface area contributed by atoms with Crippen LogP contribution in [0, 0.1) is 0 Å². The Hall–Kier alpha value is -1.99. The predicted octanol–water partition coefficient (Wildman–Crippen LogP) is 4.31. The molecule has 0 radical (unpaired) electrons. The van der Waals surface area contributed by atoms with Crippen LogP contribution in [0.3, 0.4) is 0 Å². The Morgan fingerprint density at radius 2 is 1.89 bits per heavy atom. The van der Waals surface area contributed by atoms with Crippen LogP contribution >= 0.6 is 0 Å². The Morgan fingerprint density at radius 3 is 2.48 bits per heavy atom. The molecule has 2 rings (SSSR count). The van der Waals surface area contributed by atoms with Gasteiger partial charge in [0, 0.05) is 31.7 Å². The van der Waals surface area contributed by atoms with Crippen LogP contribution in [-0.4, -0.2) is 44.6 Å². The topological polar surface area (TPSA) is 70.5 Å². The van der Waals surface area contributed by atoms with Gasteiger partial charge in [0.05, 0.1) is 18.1 Å². The summed E-state index contributed by atoms with van der Waals surface area (Å²) in [5.41, 5.74) is 2.46. The number of fused-ring (bicyclic) bond motifs is 1. The van der Waals surface area contributed by atoms with Crippen molar-refractivity contribution in [3.8, 4) is 5.88 Å². The smallest absolute Gasteiger partial charge is 0.302 e. The third-order valence-corrected chi connectivity index (χ3v) is 9.68. The number of nitrogens with zero attached hydrogens (tertiary/aromatic N) is 2. The zero-order valence-electron chi connectivity index (χ0n) is 17.3. The first-order valence-electron chi connectivity index (χ1n) is 9.12. The van der Waals surface area contributed by atoms with E-state index in [1.165, 1.54) is 6.92 Å². The van der Waals surface area contributed by atoms with Crippen molar-refractivity contribution in [3.05, 3.63) is 30.0 Å². The average Bonchev–Trinajstić information content (AvgIpc) is 2.59. The van der Waals surface area contributed by atoms with Crippen molar-refractivity contribution in [2.45, 2.75) is 51.7 Å². The van der Waals surface area contributed by atoms with E-state index in [4.69, 9.17) is 13.9 Å². The molecule has 0 aromatic carbocycles. The lowest BCUT2D eigenvalue weighted by Gasteiger charge is -2.37. The van der Waals surface area contributed by atoms with Gasteiger partial charge >= 0.3 is 5.97 Å². The van der Waals surface area contributed by atoms with Gasteiger partial charge in [-0.25, -0.2) is 4.98 Å². The number of carbonyl (C=O) groups excluding carboxylic acids is 1. The van der Waals surface area contributed by atoms with Crippen molar-refractivity contribution in [2.24, 2.45) is 0 Å². The lowest BCUT2D eigenvalue weighted by atomic mass is 10.00. The highest BCUT2D eigenvalue weighted by atomic mass is 28.4. The first kappa shape index (κ1) is 21.3. The minimum atomic E-state index is -1.94. The number of rotatable bonds is 7. The fourth-order valence-corrected chi connectivity index (χ4v) is 3.49. The second-order valence-electron chi connectivity index (χ2n) is 8.19. The van der Waals surface area contributed by atoms with Crippen molar-refractivity contribution in [2.75, 3.05) is 20.3 Å². The Kier molecular flexibility index (Phi) is 6.59. The molecule has 0 unspecified atom stereocenters. The quantitative estimate of drug-likeness (QED) is 0.518. The lowest BCUT2D eigenvalue weighted by molar-refractivity contribution is -0.141. The van der Waals surface area contributed by atoms with Crippen LogP contribution in [0.1, 0.15) is 39.2 Å². The van der Waals surface area contributed by atoms with E-state index in [1.807, 2.05) is 12.1 Å². The molecule has 0 N–H and O–H groups in total. The summed E-state index contributed by atoms with van der Waals surface area (Å²) >= 11 is 0. The molecule has 0 saturated heterocycles. The summed E-state index contributed by atoms with van der Waals surface area (Å²) in [6.45, 7) is 13.1. The molecule has 0 aliphatic heterocycles. The largest absolute Gasteiger partial charge is 0.481 e. The van der Waals surface area contributed by atoms with Gasteiger partial charge in [0.15, 0.2) is 8.32 Å². The molecule has 2 heterocycles. The number of pyridine rings is 2. The first-order chi connectivity index (χ1) is 12.5. The van der Waals surface area contributed by atoms with E-state index in [1.54, 1.807) is 19.4 Å². The molecule has 0 saturated carbocycles. The molecule has 0 aliphatic rings. The molecule has 0 spiro atoms. The average molecular weight is 391 g/mol. The maximum Gasteiger partial charge on any atom is 0.302 e. The van der Waals surface area contributed by atoms with Crippen LogP contribution in [0.15, 0.2) is 24.4 Å². The standard InChI is InChI=1S/C20H30N2O4Si/c1-14(23)25-12-15(13-26-27(6,7)20(2,3)4)16-10-11-21-17-8-9-18(24-5)22-19(16)17/h8-11,15H,12-13H2,1-7H3/t15-/m1/s1. The van der Waals surface area contributed by atoms with Gasteiger partial charge in [0.2, 0.25) is 5.88 Å². The zero-order valence-corrected chi connectivity index (χ0v) is 18.3.